The normalized spacial score (nSPS) is 20.8. The van der Waals surface area contributed by atoms with Crippen molar-refractivity contribution in [3.8, 4) is 0 Å². The predicted molar refractivity (Wildman–Crippen MR) is 113 cm³/mol. The molecule has 0 radical (unpaired) electrons. The Morgan fingerprint density at radius 1 is 1.30 bits per heavy atom. The lowest BCUT2D eigenvalue weighted by atomic mass is 9.93. The number of likely N-dealkylation sites (tertiary alicyclic amines) is 1. The molecule has 0 saturated carbocycles. The molecule has 1 atom stereocenters. The summed E-state index contributed by atoms with van der Waals surface area (Å²) in [6.07, 6.45) is 3.80. The Morgan fingerprint density at radius 3 is 2.57 bits per heavy atom. The summed E-state index contributed by atoms with van der Waals surface area (Å²) < 4.78 is 18.8. The van der Waals surface area contributed by atoms with Crippen LogP contribution < -0.4 is 5.32 Å². The number of halogens is 1. The van der Waals surface area contributed by atoms with E-state index in [0.717, 1.165) is 25.9 Å². The van der Waals surface area contributed by atoms with Gasteiger partial charge in [-0.3, -0.25) is 9.80 Å². The second-order valence-corrected chi connectivity index (χ2v) is 7.87. The molecule has 1 saturated heterocycles. The molecule has 1 unspecified atom stereocenters. The van der Waals surface area contributed by atoms with Crippen LogP contribution in [0.15, 0.2) is 48.2 Å². The summed E-state index contributed by atoms with van der Waals surface area (Å²) in [5, 5.41) is 2.89. The first kappa shape index (κ1) is 22.0. The Hall–Kier alpha value is -2.67. The average Bonchev–Trinajstić information content (AvgIpc) is 2.72. The molecule has 1 aromatic carbocycles. The molecular formula is C23H30FN3O3. The van der Waals surface area contributed by atoms with Crippen LogP contribution in [0.3, 0.4) is 0 Å². The zero-order chi connectivity index (χ0) is 21.7. The molecule has 2 amide bonds. The summed E-state index contributed by atoms with van der Waals surface area (Å²) in [7, 11) is 0. The van der Waals surface area contributed by atoms with Crippen LogP contribution in [0.25, 0.3) is 0 Å². The molecule has 1 aromatic rings. The van der Waals surface area contributed by atoms with Gasteiger partial charge in [-0.15, -0.1) is 6.58 Å². The molecule has 162 valence electrons. The fraction of sp³-hybridized carbons (Fsp3) is 0.478. The van der Waals surface area contributed by atoms with Gasteiger partial charge in [0, 0.05) is 18.8 Å². The number of hydrogen-bond donors (Lipinski definition) is 1. The summed E-state index contributed by atoms with van der Waals surface area (Å²) in [6, 6.07) is 4.82. The maximum Gasteiger partial charge on any atom is 0.338 e. The third kappa shape index (κ3) is 4.90. The molecule has 2 aliphatic rings. The maximum absolute atomic E-state index is 13.5. The highest BCUT2D eigenvalue weighted by Crippen LogP contribution is 2.33. The highest BCUT2D eigenvalue weighted by atomic mass is 19.1. The van der Waals surface area contributed by atoms with E-state index in [9.17, 15) is 14.0 Å². The monoisotopic (exact) mass is 415 g/mol. The minimum atomic E-state index is -0.697. The van der Waals surface area contributed by atoms with Gasteiger partial charge in [-0.1, -0.05) is 25.1 Å². The molecule has 6 nitrogen and oxygen atoms in total. The Kier molecular flexibility index (Phi) is 7.26. The second kappa shape index (κ2) is 9.89. The number of rotatable bonds is 7. The molecular weight excluding hydrogens is 385 g/mol. The Bertz CT molecular complexity index is 813. The molecule has 2 aliphatic heterocycles. The predicted octanol–water partition coefficient (Wildman–Crippen LogP) is 3.63. The van der Waals surface area contributed by atoms with Gasteiger partial charge in [-0.2, -0.15) is 0 Å². The van der Waals surface area contributed by atoms with E-state index in [4.69, 9.17) is 4.74 Å². The van der Waals surface area contributed by atoms with Crippen LogP contribution in [0.4, 0.5) is 9.18 Å². The summed E-state index contributed by atoms with van der Waals surface area (Å²) >= 11 is 0. The van der Waals surface area contributed by atoms with Crippen LogP contribution in [0.5, 0.6) is 0 Å². The third-order valence-electron chi connectivity index (χ3n) is 5.70. The van der Waals surface area contributed by atoms with Gasteiger partial charge in [0.15, 0.2) is 0 Å². The number of urea groups is 1. The van der Waals surface area contributed by atoms with E-state index in [2.05, 4.69) is 23.7 Å². The number of esters is 1. The van der Waals surface area contributed by atoms with E-state index < -0.39 is 12.0 Å². The lowest BCUT2D eigenvalue weighted by Crippen LogP contribution is -2.51. The quantitative estimate of drug-likeness (QED) is 0.546. The van der Waals surface area contributed by atoms with Crippen molar-refractivity contribution in [2.45, 2.75) is 32.7 Å². The first-order valence-corrected chi connectivity index (χ1v) is 10.5. The third-order valence-corrected chi connectivity index (χ3v) is 5.70. The highest BCUT2D eigenvalue weighted by Gasteiger charge is 2.38. The van der Waals surface area contributed by atoms with Crippen LogP contribution in [0.1, 0.15) is 38.3 Å². The van der Waals surface area contributed by atoms with Crippen molar-refractivity contribution >= 4 is 12.0 Å². The Balaban J connectivity index is 2.06. The standard InChI is InChI=1S/C23H30FN3O3/c1-4-12-27-19(15-26-13-10-16(3)11-14-26)20(22(28)30-5-2)21(25-23(27)29)17-6-8-18(24)9-7-17/h4,6-9,16,21H,1,5,10-15H2,2-3H3,(H,25,29). The van der Waals surface area contributed by atoms with Crippen LogP contribution in [0.2, 0.25) is 0 Å². The molecule has 1 N–H and O–H groups in total. The molecule has 0 bridgehead atoms. The fourth-order valence-corrected chi connectivity index (χ4v) is 3.98. The van der Waals surface area contributed by atoms with Gasteiger partial charge in [0.1, 0.15) is 5.82 Å². The summed E-state index contributed by atoms with van der Waals surface area (Å²) in [6.45, 7) is 10.5. The number of carbonyl (C=O) groups excluding carboxylic acids is 2. The average molecular weight is 416 g/mol. The van der Waals surface area contributed by atoms with Gasteiger partial charge in [-0.05, 0) is 56.5 Å². The van der Waals surface area contributed by atoms with E-state index in [0.29, 0.717) is 29.3 Å². The molecule has 3 rings (SSSR count). The first-order valence-electron chi connectivity index (χ1n) is 10.5. The number of ether oxygens (including phenoxy) is 1. The number of nitrogens with zero attached hydrogens (tertiary/aromatic N) is 2. The number of hydrogen-bond acceptors (Lipinski definition) is 4. The second-order valence-electron chi connectivity index (χ2n) is 7.87. The van der Waals surface area contributed by atoms with Crippen molar-refractivity contribution in [3.63, 3.8) is 0 Å². The van der Waals surface area contributed by atoms with E-state index in [1.54, 1.807) is 30.0 Å². The van der Waals surface area contributed by atoms with Crippen LogP contribution in [-0.4, -0.2) is 54.6 Å². The van der Waals surface area contributed by atoms with E-state index in [-0.39, 0.29) is 25.0 Å². The van der Waals surface area contributed by atoms with Crippen molar-refractivity contribution in [2.24, 2.45) is 5.92 Å². The maximum atomic E-state index is 13.5. The van der Waals surface area contributed by atoms with Gasteiger partial charge >= 0.3 is 12.0 Å². The Morgan fingerprint density at radius 2 is 1.97 bits per heavy atom. The van der Waals surface area contributed by atoms with Crippen molar-refractivity contribution in [2.75, 3.05) is 32.8 Å². The number of carbonyl (C=O) groups is 2. The molecule has 0 spiro atoms. The number of amides is 2. The van der Waals surface area contributed by atoms with Crippen molar-refractivity contribution in [3.05, 3.63) is 59.6 Å². The van der Waals surface area contributed by atoms with Gasteiger partial charge in [0.25, 0.3) is 0 Å². The molecule has 2 heterocycles. The fourth-order valence-electron chi connectivity index (χ4n) is 3.98. The van der Waals surface area contributed by atoms with E-state index >= 15 is 0 Å². The van der Waals surface area contributed by atoms with Gasteiger partial charge in [0.05, 0.1) is 18.2 Å². The van der Waals surface area contributed by atoms with Crippen molar-refractivity contribution in [1.82, 2.24) is 15.1 Å². The lowest BCUT2D eigenvalue weighted by molar-refractivity contribution is -0.139. The zero-order valence-electron chi connectivity index (χ0n) is 17.7. The summed E-state index contributed by atoms with van der Waals surface area (Å²) in [5.41, 5.74) is 1.65. The van der Waals surface area contributed by atoms with Gasteiger partial charge < -0.3 is 10.1 Å². The SMILES string of the molecule is C=CCN1C(=O)NC(c2ccc(F)cc2)C(C(=O)OCC)=C1CN1CCC(C)CC1. The zero-order valence-corrected chi connectivity index (χ0v) is 17.7. The minimum Gasteiger partial charge on any atom is -0.463 e. The van der Waals surface area contributed by atoms with Crippen LogP contribution in [0, 0.1) is 11.7 Å². The van der Waals surface area contributed by atoms with Gasteiger partial charge in [0.2, 0.25) is 0 Å². The first-order chi connectivity index (χ1) is 14.4. The smallest absolute Gasteiger partial charge is 0.338 e. The van der Waals surface area contributed by atoms with Crippen molar-refractivity contribution < 1.29 is 18.7 Å². The van der Waals surface area contributed by atoms with E-state index in [1.165, 1.54) is 12.1 Å². The molecule has 7 heteroatoms. The summed E-state index contributed by atoms with van der Waals surface area (Å²) in [4.78, 5) is 29.8. The highest BCUT2D eigenvalue weighted by molar-refractivity contribution is 5.95. The van der Waals surface area contributed by atoms with E-state index in [1.807, 2.05) is 0 Å². The molecule has 1 fully saturated rings. The minimum absolute atomic E-state index is 0.225. The number of nitrogens with one attached hydrogen (secondary N) is 1. The van der Waals surface area contributed by atoms with Gasteiger partial charge in [-0.25, -0.2) is 14.0 Å². The lowest BCUT2D eigenvalue weighted by Gasteiger charge is -2.39. The number of piperidine rings is 1. The van der Waals surface area contributed by atoms with Crippen molar-refractivity contribution in [1.29, 1.82) is 0 Å². The number of benzene rings is 1. The van der Waals surface area contributed by atoms with Crippen LogP contribution >= 0.6 is 0 Å². The molecule has 30 heavy (non-hydrogen) atoms. The topological polar surface area (TPSA) is 61.9 Å². The van der Waals surface area contributed by atoms with Crippen LogP contribution in [-0.2, 0) is 9.53 Å². The molecule has 0 aliphatic carbocycles. The molecule has 0 aromatic heterocycles. The Labute approximate surface area is 177 Å². The summed E-state index contributed by atoms with van der Waals surface area (Å²) in [5.74, 6) is -0.176. The largest absolute Gasteiger partial charge is 0.463 e.